The van der Waals surface area contributed by atoms with Crippen molar-refractivity contribution in [1.29, 1.82) is 0 Å². The summed E-state index contributed by atoms with van der Waals surface area (Å²) in [7, 11) is 0. The number of nitrogen functional groups attached to an aromatic ring is 1. The molecule has 2 heterocycles. The monoisotopic (exact) mass is 312 g/mol. The van der Waals surface area contributed by atoms with Crippen molar-refractivity contribution < 1.29 is 15.3 Å². The number of rotatable bonds is 3. The van der Waals surface area contributed by atoms with E-state index in [1.165, 1.54) is 16.4 Å². The summed E-state index contributed by atoms with van der Waals surface area (Å²) < 4.78 is 1.46. The van der Waals surface area contributed by atoms with E-state index in [2.05, 4.69) is 20.3 Å². The first-order valence-corrected chi connectivity index (χ1v) is 7.68. The van der Waals surface area contributed by atoms with E-state index in [1.807, 2.05) is 6.26 Å². The molecule has 3 rings (SSSR count). The molecule has 0 aromatic carbocycles. The summed E-state index contributed by atoms with van der Waals surface area (Å²) in [6.07, 6.45) is 0.186. The van der Waals surface area contributed by atoms with E-state index in [0.717, 1.165) is 0 Å². The molecular formula is C11H16N6O3S. The SMILES string of the molecule is CSc1nc(N)nc2c1nnn2C1CC(CO)C(O)C1O. The van der Waals surface area contributed by atoms with Gasteiger partial charge in [-0.15, -0.1) is 16.9 Å². The highest BCUT2D eigenvalue weighted by Crippen LogP contribution is 2.36. The third-order valence-corrected chi connectivity index (χ3v) is 4.49. The zero-order valence-electron chi connectivity index (χ0n) is 11.3. The molecule has 0 saturated heterocycles. The van der Waals surface area contributed by atoms with Gasteiger partial charge >= 0.3 is 0 Å². The van der Waals surface area contributed by atoms with Gasteiger partial charge in [-0.05, 0) is 12.7 Å². The van der Waals surface area contributed by atoms with Crippen molar-refractivity contribution in [1.82, 2.24) is 25.0 Å². The average molecular weight is 312 g/mol. The van der Waals surface area contributed by atoms with E-state index in [1.54, 1.807) is 0 Å². The summed E-state index contributed by atoms with van der Waals surface area (Å²) in [5.41, 5.74) is 6.61. The maximum absolute atomic E-state index is 10.2. The van der Waals surface area contributed by atoms with Crippen LogP contribution >= 0.6 is 11.8 Å². The van der Waals surface area contributed by atoms with Crippen molar-refractivity contribution in [2.45, 2.75) is 29.7 Å². The Morgan fingerprint density at radius 2 is 2.10 bits per heavy atom. The van der Waals surface area contributed by atoms with Crippen LogP contribution in [0.15, 0.2) is 5.03 Å². The smallest absolute Gasteiger partial charge is 0.223 e. The van der Waals surface area contributed by atoms with Gasteiger partial charge in [-0.25, -0.2) is 9.67 Å². The zero-order chi connectivity index (χ0) is 15.1. The van der Waals surface area contributed by atoms with Crippen LogP contribution in [0.25, 0.3) is 11.2 Å². The van der Waals surface area contributed by atoms with E-state index in [0.29, 0.717) is 22.6 Å². The number of aliphatic hydroxyl groups is 3. The van der Waals surface area contributed by atoms with Gasteiger partial charge in [-0.1, -0.05) is 5.21 Å². The minimum absolute atomic E-state index is 0.0992. The van der Waals surface area contributed by atoms with Gasteiger partial charge in [0.2, 0.25) is 5.95 Å². The fourth-order valence-electron chi connectivity index (χ4n) is 2.71. The number of nitrogens with zero attached hydrogens (tertiary/aromatic N) is 5. The third kappa shape index (κ3) is 2.24. The van der Waals surface area contributed by atoms with Gasteiger partial charge in [0.25, 0.3) is 0 Å². The van der Waals surface area contributed by atoms with Crippen LogP contribution in [0.2, 0.25) is 0 Å². The Balaban J connectivity index is 2.07. The zero-order valence-corrected chi connectivity index (χ0v) is 12.1. The van der Waals surface area contributed by atoms with Crippen molar-refractivity contribution >= 4 is 28.9 Å². The minimum atomic E-state index is -1.04. The number of thioether (sulfide) groups is 1. The van der Waals surface area contributed by atoms with Crippen molar-refractivity contribution in [3.63, 3.8) is 0 Å². The van der Waals surface area contributed by atoms with Gasteiger partial charge in [0.05, 0.1) is 12.1 Å². The van der Waals surface area contributed by atoms with Crippen LogP contribution < -0.4 is 5.73 Å². The van der Waals surface area contributed by atoms with Gasteiger partial charge in [0.15, 0.2) is 11.2 Å². The molecule has 2 aromatic heterocycles. The summed E-state index contributed by atoms with van der Waals surface area (Å²) in [5.74, 6) is -0.300. The van der Waals surface area contributed by atoms with E-state index in [4.69, 9.17) is 5.73 Å². The van der Waals surface area contributed by atoms with Gasteiger partial charge in [0, 0.05) is 12.5 Å². The first kappa shape index (κ1) is 14.4. The standard InChI is InChI=1S/C11H16N6O3S/c1-21-10-6-9(13-11(12)14-10)17(16-15-6)5-2-4(3-18)7(19)8(5)20/h4-5,7-8,18-20H,2-3H2,1H3,(H2,12,13,14). The summed E-state index contributed by atoms with van der Waals surface area (Å²) in [5, 5.41) is 38.0. The van der Waals surface area contributed by atoms with Crippen LogP contribution in [0.1, 0.15) is 12.5 Å². The summed E-state index contributed by atoms with van der Waals surface area (Å²) >= 11 is 1.38. The number of hydrogen-bond acceptors (Lipinski definition) is 9. The van der Waals surface area contributed by atoms with Crippen LogP contribution in [-0.2, 0) is 0 Å². The summed E-state index contributed by atoms with van der Waals surface area (Å²) in [4.78, 5) is 8.22. The normalized spacial score (nSPS) is 29.3. The van der Waals surface area contributed by atoms with E-state index < -0.39 is 24.2 Å². The average Bonchev–Trinajstić information content (AvgIpc) is 3.01. The maximum Gasteiger partial charge on any atom is 0.223 e. The van der Waals surface area contributed by atoms with Crippen molar-refractivity contribution in [2.75, 3.05) is 18.6 Å². The number of fused-ring (bicyclic) bond motifs is 1. The lowest BCUT2D eigenvalue weighted by Gasteiger charge is -2.16. The third-order valence-electron chi connectivity index (χ3n) is 3.82. The Labute approximate surface area is 124 Å². The molecule has 0 spiro atoms. The molecule has 9 nitrogen and oxygen atoms in total. The largest absolute Gasteiger partial charge is 0.396 e. The number of aromatic nitrogens is 5. The summed E-state index contributed by atoms with van der Waals surface area (Å²) in [6.45, 7) is -0.200. The fraction of sp³-hybridized carbons (Fsp3) is 0.636. The molecule has 1 aliphatic rings. The molecule has 4 atom stereocenters. The molecule has 1 fully saturated rings. The molecule has 4 unspecified atom stereocenters. The summed E-state index contributed by atoms with van der Waals surface area (Å²) in [6, 6.07) is -0.508. The Bertz CT molecular complexity index is 665. The van der Waals surface area contributed by atoms with Crippen LogP contribution in [0, 0.1) is 5.92 Å². The van der Waals surface area contributed by atoms with Crippen LogP contribution in [0.5, 0.6) is 0 Å². The number of hydrogen-bond donors (Lipinski definition) is 4. The molecule has 2 aromatic rings. The molecule has 0 amide bonds. The first-order chi connectivity index (χ1) is 10.1. The molecule has 5 N–H and O–H groups in total. The Morgan fingerprint density at radius 1 is 1.33 bits per heavy atom. The molecule has 1 aliphatic carbocycles. The van der Waals surface area contributed by atoms with Gasteiger partial charge < -0.3 is 21.1 Å². The van der Waals surface area contributed by atoms with Gasteiger partial charge in [-0.2, -0.15) is 4.98 Å². The highest BCUT2D eigenvalue weighted by atomic mass is 32.2. The van der Waals surface area contributed by atoms with Crippen molar-refractivity contribution in [3.05, 3.63) is 0 Å². The molecule has 0 aliphatic heterocycles. The van der Waals surface area contributed by atoms with E-state index in [9.17, 15) is 15.3 Å². The molecule has 0 radical (unpaired) electrons. The molecule has 10 heteroatoms. The second-order valence-corrected chi connectivity index (χ2v) is 5.82. The molecular weight excluding hydrogens is 296 g/mol. The lowest BCUT2D eigenvalue weighted by molar-refractivity contribution is -0.00511. The fourth-order valence-corrected chi connectivity index (χ4v) is 3.22. The topological polar surface area (TPSA) is 143 Å². The van der Waals surface area contributed by atoms with Crippen LogP contribution in [-0.4, -0.2) is 65.4 Å². The van der Waals surface area contributed by atoms with Crippen molar-refractivity contribution in [2.24, 2.45) is 5.92 Å². The quantitative estimate of drug-likeness (QED) is 0.406. The van der Waals surface area contributed by atoms with E-state index in [-0.39, 0.29) is 12.6 Å². The maximum atomic E-state index is 10.2. The second-order valence-electron chi connectivity index (χ2n) is 5.02. The Morgan fingerprint density at radius 3 is 2.71 bits per heavy atom. The molecule has 0 bridgehead atoms. The Kier molecular flexibility index (Phi) is 3.69. The highest BCUT2D eigenvalue weighted by Gasteiger charge is 2.43. The highest BCUT2D eigenvalue weighted by molar-refractivity contribution is 7.98. The molecule has 1 saturated carbocycles. The van der Waals surface area contributed by atoms with E-state index >= 15 is 0 Å². The lowest BCUT2D eigenvalue weighted by Crippen LogP contribution is -2.30. The predicted molar refractivity (Wildman–Crippen MR) is 75.6 cm³/mol. The first-order valence-electron chi connectivity index (χ1n) is 6.46. The van der Waals surface area contributed by atoms with Gasteiger partial charge in [-0.3, -0.25) is 0 Å². The Hall–Kier alpha value is -1.49. The lowest BCUT2D eigenvalue weighted by atomic mass is 10.1. The van der Waals surface area contributed by atoms with Crippen LogP contribution in [0.3, 0.4) is 0 Å². The molecule has 114 valence electrons. The van der Waals surface area contributed by atoms with Crippen molar-refractivity contribution in [3.8, 4) is 0 Å². The van der Waals surface area contributed by atoms with Crippen LogP contribution in [0.4, 0.5) is 5.95 Å². The predicted octanol–water partition coefficient (Wildman–Crippen LogP) is -1.20. The number of aliphatic hydroxyl groups excluding tert-OH is 3. The van der Waals surface area contributed by atoms with Gasteiger partial charge in [0.1, 0.15) is 11.1 Å². The second kappa shape index (κ2) is 5.37. The minimum Gasteiger partial charge on any atom is -0.396 e. The number of nitrogens with two attached hydrogens (primary N) is 1. The number of anilines is 1. The molecule has 21 heavy (non-hydrogen) atoms.